The second-order valence-corrected chi connectivity index (χ2v) is 5.72. The normalized spacial score (nSPS) is 28.5. The minimum absolute atomic E-state index is 0.0589. The molecule has 0 aromatic heterocycles. The van der Waals surface area contributed by atoms with Crippen LogP contribution >= 0.6 is 23.2 Å². The Hall–Kier alpha value is 0.460. The summed E-state index contributed by atoms with van der Waals surface area (Å²) in [5.74, 6) is -0.532. The molecule has 1 unspecified atom stereocenters. The zero-order valence-electron chi connectivity index (χ0n) is 5.56. The van der Waals surface area contributed by atoms with Gasteiger partial charge >= 0.3 is 10.2 Å². The van der Waals surface area contributed by atoms with Crippen molar-refractivity contribution < 1.29 is 12.3 Å². The second kappa shape index (κ2) is 2.75. The number of halogens is 3. The summed E-state index contributed by atoms with van der Waals surface area (Å²) in [6, 6.07) is 0. The van der Waals surface area contributed by atoms with Gasteiger partial charge in [0.15, 0.2) is 0 Å². The van der Waals surface area contributed by atoms with Crippen molar-refractivity contribution >= 4 is 33.4 Å². The number of alkyl halides is 2. The molecule has 0 bridgehead atoms. The van der Waals surface area contributed by atoms with Gasteiger partial charge in [0.05, 0.1) is 5.75 Å². The highest BCUT2D eigenvalue weighted by Crippen LogP contribution is 2.54. The van der Waals surface area contributed by atoms with Crippen molar-refractivity contribution in [3.05, 3.63) is 0 Å². The highest BCUT2D eigenvalue weighted by Gasteiger charge is 2.51. The lowest BCUT2D eigenvalue weighted by atomic mass is 10.3. The number of hydrogen-bond donors (Lipinski definition) is 0. The lowest BCUT2D eigenvalue weighted by molar-refractivity contribution is 0.546. The Balaban J connectivity index is 2.27. The van der Waals surface area contributed by atoms with Gasteiger partial charge in [-0.2, -0.15) is 8.42 Å². The maximum atomic E-state index is 11.9. The van der Waals surface area contributed by atoms with Gasteiger partial charge in [-0.15, -0.1) is 27.1 Å². The van der Waals surface area contributed by atoms with Crippen molar-refractivity contribution in [2.45, 2.75) is 17.2 Å². The maximum absolute atomic E-state index is 11.9. The van der Waals surface area contributed by atoms with Crippen molar-refractivity contribution in [3.8, 4) is 0 Å². The highest BCUT2D eigenvalue weighted by molar-refractivity contribution is 7.86. The lowest BCUT2D eigenvalue weighted by Crippen LogP contribution is -2.01. The van der Waals surface area contributed by atoms with E-state index >= 15 is 0 Å². The molecule has 0 heterocycles. The van der Waals surface area contributed by atoms with Crippen LogP contribution in [0.3, 0.4) is 0 Å². The molecular formula is C5H7Cl2FO2S. The van der Waals surface area contributed by atoms with Gasteiger partial charge in [0, 0.05) is 0 Å². The molecule has 0 N–H and O–H groups in total. The monoisotopic (exact) mass is 220 g/mol. The van der Waals surface area contributed by atoms with Crippen molar-refractivity contribution in [3.63, 3.8) is 0 Å². The molecule has 1 atom stereocenters. The number of hydrogen-bond acceptors (Lipinski definition) is 2. The Morgan fingerprint density at radius 1 is 1.55 bits per heavy atom. The van der Waals surface area contributed by atoms with Gasteiger partial charge in [-0.05, 0) is 18.8 Å². The Labute approximate surface area is 74.9 Å². The van der Waals surface area contributed by atoms with Gasteiger partial charge < -0.3 is 0 Å². The molecule has 1 saturated carbocycles. The van der Waals surface area contributed by atoms with E-state index in [1.807, 2.05) is 0 Å². The first-order valence-electron chi connectivity index (χ1n) is 3.11. The summed E-state index contributed by atoms with van der Waals surface area (Å²) in [5, 5.41) is 0. The molecule has 1 fully saturated rings. The molecule has 0 radical (unpaired) electrons. The minimum atomic E-state index is -4.35. The van der Waals surface area contributed by atoms with Crippen LogP contribution in [0.15, 0.2) is 0 Å². The first-order valence-corrected chi connectivity index (χ1v) is 5.42. The van der Waals surface area contributed by atoms with Crippen LogP contribution in [0, 0.1) is 5.92 Å². The molecule has 1 aliphatic carbocycles. The van der Waals surface area contributed by atoms with E-state index in [0.29, 0.717) is 6.42 Å². The first-order chi connectivity index (χ1) is 4.81. The summed E-state index contributed by atoms with van der Waals surface area (Å²) >= 11 is 11.2. The van der Waals surface area contributed by atoms with Gasteiger partial charge in [0.25, 0.3) is 0 Å². The molecule has 0 saturated heterocycles. The van der Waals surface area contributed by atoms with Crippen LogP contribution in [0.2, 0.25) is 0 Å². The molecule has 2 nitrogen and oxygen atoms in total. The summed E-state index contributed by atoms with van der Waals surface area (Å²) in [6.45, 7) is 0. The van der Waals surface area contributed by atoms with Crippen LogP contribution in [0.4, 0.5) is 3.89 Å². The van der Waals surface area contributed by atoms with E-state index < -0.39 is 20.3 Å². The van der Waals surface area contributed by atoms with E-state index in [1.165, 1.54) is 0 Å². The van der Waals surface area contributed by atoms with Crippen molar-refractivity contribution in [2.24, 2.45) is 5.92 Å². The Morgan fingerprint density at radius 3 is 2.27 bits per heavy atom. The van der Waals surface area contributed by atoms with E-state index in [-0.39, 0.29) is 12.3 Å². The van der Waals surface area contributed by atoms with E-state index in [4.69, 9.17) is 23.2 Å². The molecule has 0 aromatic carbocycles. The summed E-state index contributed by atoms with van der Waals surface area (Å²) in [5.41, 5.74) is 0. The van der Waals surface area contributed by atoms with Crippen LogP contribution < -0.4 is 0 Å². The molecule has 0 aromatic rings. The third-order valence-electron chi connectivity index (χ3n) is 1.67. The average molecular weight is 221 g/mol. The first kappa shape index (κ1) is 9.55. The molecular weight excluding hydrogens is 214 g/mol. The van der Waals surface area contributed by atoms with Gasteiger partial charge in [0.2, 0.25) is 0 Å². The fourth-order valence-electron chi connectivity index (χ4n) is 0.866. The molecule has 0 amide bonds. The summed E-state index contributed by atoms with van der Waals surface area (Å²) in [4.78, 5) is 0. The molecule has 1 aliphatic rings. The third kappa shape index (κ3) is 3.13. The molecule has 6 heteroatoms. The van der Waals surface area contributed by atoms with Crippen LogP contribution in [0.1, 0.15) is 12.8 Å². The van der Waals surface area contributed by atoms with Crippen LogP contribution in [-0.2, 0) is 10.2 Å². The fourth-order valence-corrected chi connectivity index (χ4v) is 2.02. The van der Waals surface area contributed by atoms with E-state index in [0.717, 1.165) is 0 Å². The van der Waals surface area contributed by atoms with Gasteiger partial charge in [-0.3, -0.25) is 0 Å². The SMILES string of the molecule is O=S(=O)(F)CCC1CC1(Cl)Cl. The Bertz CT molecular complexity index is 249. The predicted octanol–water partition coefficient (Wildman–Crippen LogP) is 1.87. The van der Waals surface area contributed by atoms with Crippen molar-refractivity contribution in [1.29, 1.82) is 0 Å². The Morgan fingerprint density at radius 2 is 2.00 bits per heavy atom. The maximum Gasteiger partial charge on any atom is 0.302 e. The van der Waals surface area contributed by atoms with E-state index in [9.17, 15) is 12.3 Å². The lowest BCUT2D eigenvalue weighted by Gasteiger charge is -1.95. The van der Waals surface area contributed by atoms with Crippen LogP contribution in [0.25, 0.3) is 0 Å². The average Bonchev–Trinajstić information content (AvgIpc) is 2.33. The van der Waals surface area contributed by atoms with E-state index in [2.05, 4.69) is 0 Å². The second-order valence-electron chi connectivity index (χ2n) is 2.69. The smallest absolute Gasteiger partial charge is 0.195 e. The zero-order valence-corrected chi connectivity index (χ0v) is 7.89. The third-order valence-corrected chi connectivity index (χ3v) is 3.31. The molecule has 0 spiro atoms. The van der Waals surface area contributed by atoms with Gasteiger partial charge in [0.1, 0.15) is 4.33 Å². The fraction of sp³-hybridized carbons (Fsp3) is 1.00. The van der Waals surface area contributed by atoms with Crippen LogP contribution in [-0.4, -0.2) is 18.5 Å². The summed E-state index contributed by atoms with van der Waals surface area (Å²) in [6.07, 6.45) is 0.775. The largest absolute Gasteiger partial charge is 0.302 e. The topological polar surface area (TPSA) is 34.1 Å². The summed E-state index contributed by atoms with van der Waals surface area (Å²) in [7, 11) is -4.35. The zero-order chi connectivity index (χ0) is 8.70. The molecule has 66 valence electrons. The molecule has 11 heavy (non-hydrogen) atoms. The standard InChI is InChI=1S/C5H7Cl2FO2S/c6-5(7)3-4(5)1-2-11(8,9)10/h4H,1-3H2. The Kier molecular flexibility index (Phi) is 2.38. The predicted molar refractivity (Wildman–Crippen MR) is 42.1 cm³/mol. The molecule has 1 rings (SSSR count). The summed E-state index contributed by atoms with van der Waals surface area (Å²) < 4.78 is 31.2. The van der Waals surface area contributed by atoms with Crippen molar-refractivity contribution in [2.75, 3.05) is 5.75 Å². The number of rotatable bonds is 3. The molecule has 0 aliphatic heterocycles. The van der Waals surface area contributed by atoms with Gasteiger partial charge in [-0.25, -0.2) is 0 Å². The van der Waals surface area contributed by atoms with Gasteiger partial charge in [-0.1, -0.05) is 0 Å². The minimum Gasteiger partial charge on any atom is -0.195 e. The van der Waals surface area contributed by atoms with Crippen LogP contribution in [0.5, 0.6) is 0 Å². The quantitative estimate of drug-likeness (QED) is 0.538. The van der Waals surface area contributed by atoms with Crippen molar-refractivity contribution in [1.82, 2.24) is 0 Å². The van der Waals surface area contributed by atoms with E-state index in [1.54, 1.807) is 0 Å². The highest BCUT2D eigenvalue weighted by atomic mass is 35.5.